The average molecular weight is 373 g/mol. The maximum atomic E-state index is 11.8. The molecule has 0 aliphatic carbocycles. The van der Waals surface area contributed by atoms with E-state index in [2.05, 4.69) is 15.9 Å². The maximum absolute atomic E-state index is 11.8. The van der Waals surface area contributed by atoms with Gasteiger partial charge in [-0.25, -0.2) is 0 Å². The summed E-state index contributed by atoms with van der Waals surface area (Å²) in [6.45, 7) is 0. The normalized spacial score (nSPS) is 12.0. The number of allylic oxidation sites excluding steroid dienone is 2. The Bertz CT molecular complexity index is 774. The average Bonchev–Trinajstić information content (AvgIpc) is 2.56. The molecule has 0 saturated carbocycles. The highest BCUT2D eigenvalue weighted by Crippen LogP contribution is 2.16. The molecule has 5 heteroatoms. The highest BCUT2D eigenvalue weighted by atomic mass is 79.9. The molecule has 0 atom stereocenters. The molecule has 2 rings (SSSR count). The molecule has 0 heterocycles. The minimum atomic E-state index is -0.923. The van der Waals surface area contributed by atoms with E-state index in [1.807, 2.05) is 0 Å². The molecule has 0 fully saturated rings. The Hall–Kier alpha value is -2.66. The molecule has 2 N–H and O–H groups in total. The zero-order valence-corrected chi connectivity index (χ0v) is 13.5. The Morgan fingerprint density at radius 2 is 1.17 bits per heavy atom. The third-order valence-corrected chi connectivity index (χ3v) is 3.52. The molecule has 0 saturated heterocycles. The predicted octanol–water partition coefficient (Wildman–Crippen LogP) is 4.09. The zero-order chi connectivity index (χ0) is 16.8. The van der Waals surface area contributed by atoms with Crippen molar-refractivity contribution in [2.75, 3.05) is 0 Å². The molecule has 0 radical (unpaired) electrons. The standard InChI is InChI=1S/C18H13BrO4/c19-14-8-6-13(7-9-14)16(21)11-18(23)17(22)10-15(20)12-4-2-1-3-5-12/h1-11,20-21H/b15-10+,16-11+. The van der Waals surface area contributed by atoms with Gasteiger partial charge in [-0.05, 0) is 12.1 Å². The van der Waals surface area contributed by atoms with Crippen LogP contribution in [-0.4, -0.2) is 21.8 Å². The lowest BCUT2D eigenvalue weighted by Gasteiger charge is -2.00. The van der Waals surface area contributed by atoms with Gasteiger partial charge in [0.1, 0.15) is 11.5 Å². The lowest BCUT2D eigenvalue weighted by Crippen LogP contribution is -2.09. The Labute approximate surface area is 141 Å². The van der Waals surface area contributed by atoms with E-state index >= 15 is 0 Å². The number of hydrogen-bond acceptors (Lipinski definition) is 4. The van der Waals surface area contributed by atoms with E-state index in [0.29, 0.717) is 11.1 Å². The van der Waals surface area contributed by atoms with Crippen LogP contribution in [0.1, 0.15) is 11.1 Å². The van der Waals surface area contributed by atoms with Gasteiger partial charge in [0.25, 0.3) is 0 Å². The summed E-state index contributed by atoms with van der Waals surface area (Å²) in [4.78, 5) is 23.6. The fourth-order valence-electron chi connectivity index (χ4n) is 1.79. The fourth-order valence-corrected chi connectivity index (χ4v) is 2.05. The predicted molar refractivity (Wildman–Crippen MR) is 91.8 cm³/mol. The number of benzene rings is 2. The molecule has 2 aromatic rings. The van der Waals surface area contributed by atoms with Crippen LogP contribution in [0.15, 0.2) is 71.2 Å². The van der Waals surface area contributed by atoms with Gasteiger partial charge in [-0.15, -0.1) is 0 Å². The summed E-state index contributed by atoms with van der Waals surface area (Å²) in [6.07, 6.45) is 1.67. The molecule has 0 amide bonds. The first kappa shape index (κ1) is 16.7. The van der Waals surface area contributed by atoms with E-state index in [9.17, 15) is 19.8 Å². The number of aliphatic hydroxyl groups excluding tert-OH is 2. The van der Waals surface area contributed by atoms with Crippen molar-refractivity contribution in [3.8, 4) is 0 Å². The van der Waals surface area contributed by atoms with Crippen LogP contribution in [0.25, 0.3) is 11.5 Å². The van der Waals surface area contributed by atoms with E-state index in [1.165, 1.54) is 0 Å². The Kier molecular flexibility index (Phi) is 5.49. The van der Waals surface area contributed by atoms with Gasteiger partial charge in [-0.1, -0.05) is 58.4 Å². The van der Waals surface area contributed by atoms with Crippen molar-refractivity contribution in [2.45, 2.75) is 0 Å². The molecule has 2 aromatic carbocycles. The SMILES string of the molecule is O=C(/C=C(/O)c1ccccc1)C(=O)/C=C(/O)c1ccc(Br)cc1. The molecule has 23 heavy (non-hydrogen) atoms. The quantitative estimate of drug-likeness (QED) is 0.471. The van der Waals surface area contributed by atoms with Gasteiger partial charge in [0.05, 0.1) is 0 Å². The molecule has 0 bridgehead atoms. The van der Waals surface area contributed by atoms with Gasteiger partial charge in [-0.3, -0.25) is 9.59 Å². The molecule has 0 aliphatic heterocycles. The zero-order valence-electron chi connectivity index (χ0n) is 11.9. The first-order chi connectivity index (χ1) is 11.0. The first-order valence-corrected chi connectivity index (χ1v) is 7.47. The number of halogens is 1. The van der Waals surface area contributed by atoms with Gasteiger partial charge in [0.2, 0.25) is 11.6 Å². The Morgan fingerprint density at radius 1 is 0.739 bits per heavy atom. The minimum absolute atomic E-state index is 0.305. The van der Waals surface area contributed by atoms with Crippen LogP contribution in [0, 0.1) is 0 Å². The summed E-state index contributed by atoms with van der Waals surface area (Å²) >= 11 is 3.26. The van der Waals surface area contributed by atoms with E-state index in [4.69, 9.17) is 0 Å². The fraction of sp³-hybridized carbons (Fsp3) is 0. The first-order valence-electron chi connectivity index (χ1n) is 6.68. The molecule has 4 nitrogen and oxygen atoms in total. The summed E-state index contributed by atoms with van der Waals surface area (Å²) in [7, 11) is 0. The van der Waals surface area contributed by atoms with Crippen molar-refractivity contribution < 1.29 is 19.8 Å². The second kappa shape index (κ2) is 7.56. The summed E-state index contributed by atoms with van der Waals surface area (Å²) in [5, 5.41) is 19.7. The van der Waals surface area contributed by atoms with Crippen LogP contribution in [0.4, 0.5) is 0 Å². The van der Waals surface area contributed by atoms with Gasteiger partial charge in [-0.2, -0.15) is 0 Å². The summed E-state index contributed by atoms with van der Waals surface area (Å²) < 4.78 is 0.826. The molecule has 0 aromatic heterocycles. The van der Waals surface area contributed by atoms with Gasteiger partial charge < -0.3 is 10.2 Å². The molecular formula is C18H13BrO4. The second-order valence-electron chi connectivity index (χ2n) is 4.66. The van der Waals surface area contributed by atoms with Crippen LogP contribution in [0.5, 0.6) is 0 Å². The Morgan fingerprint density at radius 3 is 1.65 bits per heavy atom. The number of ketones is 2. The van der Waals surface area contributed by atoms with Gasteiger partial charge >= 0.3 is 0 Å². The van der Waals surface area contributed by atoms with Crippen LogP contribution in [-0.2, 0) is 9.59 Å². The number of carbonyl (C=O) groups excluding carboxylic acids is 2. The highest BCUT2D eigenvalue weighted by Gasteiger charge is 2.12. The molecule has 0 unspecified atom stereocenters. The van der Waals surface area contributed by atoms with Gasteiger partial charge in [0, 0.05) is 27.8 Å². The lowest BCUT2D eigenvalue weighted by atomic mass is 10.1. The van der Waals surface area contributed by atoms with Crippen molar-refractivity contribution in [3.05, 3.63) is 82.3 Å². The molecular weight excluding hydrogens is 360 g/mol. The maximum Gasteiger partial charge on any atom is 0.229 e. The monoisotopic (exact) mass is 372 g/mol. The second-order valence-corrected chi connectivity index (χ2v) is 5.58. The van der Waals surface area contributed by atoms with Crippen molar-refractivity contribution in [2.24, 2.45) is 0 Å². The van der Waals surface area contributed by atoms with Crippen LogP contribution in [0.2, 0.25) is 0 Å². The summed E-state index contributed by atoms with van der Waals surface area (Å²) in [5.41, 5.74) is 0.834. The van der Waals surface area contributed by atoms with Crippen LogP contribution in [0.3, 0.4) is 0 Å². The third-order valence-electron chi connectivity index (χ3n) is 2.99. The topological polar surface area (TPSA) is 74.6 Å². The number of aliphatic hydroxyl groups is 2. The lowest BCUT2D eigenvalue weighted by molar-refractivity contribution is -0.130. The largest absolute Gasteiger partial charge is 0.507 e. The van der Waals surface area contributed by atoms with Crippen molar-refractivity contribution in [3.63, 3.8) is 0 Å². The van der Waals surface area contributed by atoms with E-state index in [-0.39, 0.29) is 11.5 Å². The minimum Gasteiger partial charge on any atom is -0.507 e. The Balaban J connectivity index is 2.15. The van der Waals surface area contributed by atoms with E-state index in [1.54, 1.807) is 54.6 Å². The van der Waals surface area contributed by atoms with Crippen molar-refractivity contribution in [1.29, 1.82) is 0 Å². The number of rotatable bonds is 5. The third kappa shape index (κ3) is 4.66. The summed E-state index contributed by atoms with van der Waals surface area (Å²) in [5.74, 6) is -2.47. The van der Waals surface area contributed by atoms with Crippen LogP contribution < -0.4 is 0 Å². The molecule has 116 valence electrons. The molecule has 0 spiro atoms. The number of carbonyl (C=O) groups is 2. The van der Waals surface area contributed by atoms with Crippen molar-refractivity contribution in [1.82, 2.24) is 0 Å². The van der Waals surface area contributed by atoms with E-state index < -0.39 is 11.6 Å². The van der Waals surface area contributed by atoms with Crippen LogP contribution >= 0.6 is 15.9 Å². The van der Waals surface area contributed by atoms with E-state index in [0.717, 1.165) is 16.6 Å². The van der Waals surface area contributed by atoms with Gasteiger partial charge in [0.15, 0.2) is 0 Å². The number of hydrogen-bond donors (Lipinski definition) is 2. The summed E-state index contributed by atoms with van der Waals surface area (Å²) in [6, 6.07) is 15.0. The van der Waals surface area contributed by atoms with Crippen molar-refractivity contribution >= 4 is 39.0 Å². The smallest absolute Gasteiger partial charge is 0.229 e. The molecule has 0 aliphatic rings. The highest BCUT2D eigenvalue weighted by molar-refractivity contribution is 9.10.